The molecule has 0 radical (unpaired) electrons. The SMILES string of the molecule is CNC(=O)c1cc(OC)c(Nc2ncc3c(n2)N(C2CCCC2)CC(F)(F)C(=O)N3C)cc1C1CCN(C)CC1. The minimum Gasteiger partial charge on any atom is -0.495 e. The number of nitrogens with zero attached hydrogens (tertiary/aromatic N) is 5. The molecule has 5 rings (SSSR count). The third kappa shape index (κ3) is 5.28. The monoisotopic (exact) mass is 557 g/mol. The van der Waals surface area contributed by atoms with E-state index >= 15 is 0 Å². The summed E-state index contributed by atoms with van der Waals surface area (Å²) < 4.78 is 35.5. The van der Waals surface area contributed by atoms with Crippen molar-refractivity contribution in [2.24, 2.45) is 0 Å². The molecule has 0 unspecified atom stereocenters. The van der Waals surface area contributed by atoms with Gasteiger partial charge < -0.3 is 30.1 Å². The van der Waals surface area contributed by atoms with E-state index in [0.717, 1.165) is 62.1 Å². The van der Waals surface area contributed by atoms with Gasteiger partial charge in [-0.05, 0) is 69.4 Å². The average molecular weight is 558 g/mol. The van der Waals surface area contributed by atoms with E-state index in [-0.39, 0.29) is 29.5 Å². The summed E-state index contributed by atoms with van der Waals surface area (Å²) in [7, 11) is 6.54. The van der Waals surface area contributed by atoms with Crippen molar-refractivity contribution in [1.29, 1.82) is 0 Å². The van der Waals surface area contributed by atoms with E-state index in [9.17, 15) is 18.4 Å². The number of halogens is 2. The highest BCUT2D eigenvalue weighted by Gasteiger charge is 2.48. The number of rotatable bonds is 6. The van der Waals surface area contributed by atoms with Crippen molar-refractivity contribution < 1.29 is 23.1 Å². The van der Waals surface area contributed by atoms with Crippen molar-refractivity contribution in [3.05, 3.63) is 29.5 Å². The number of amides is 2. The summed E-state index contributed by atoms with van der Waals surface area (Å²) in [6.45, 7) is 1.12. The van der Waals surface area contributed by atoms with Crippen LogP contribution in [-0.2, 0) is 4.79 Å². The van der Waals surface area contributed by atoms with Crippen LogP contribution in [0.3, 0.4) is 0 Å². The van der Waals surface area contributed by atoms with Gasteiger partial charge >= 0.3 is 5.92 Å². The Kier molecular flexibility index (Phi) is 7.80. The molecule has 2 N–H and O–H groups in total. The Hall–Kier alpha value is -3.54. The van der Waals surface area contributed by atoms with Gasteiger partial charge in [0.15, 0.2) is 5.82 Å². The second kappa shape index (κ2) is 11.1. The molecule has 216 valence electrons. The van der Waals surface area contributed by atoms with Crippen LogP contribution in [-0.4, -0.2) is 86.5 Å². The molecule has 40 heavy (non-hydrogen) atoms. The first-order chi connectivity index (χ1) is 19.1. The molecule has 1 saturated heterocycles. The van der Waals surface area contributed by atoms with Gasteiger partial charge in [0, 0.05) is 25.7 Å². The van der Waals surface area contributed by atoms with Crippen molar-refractivity contribution in [3.8, 4) is 5.75 Å². The Morgan fingerprint density at radius 1 is 1.12 bits per heavy atom. The third-order valence-corrected chi connectivity index (χ3v) is 8.38. The Balaban J connectivity index is 1.55. The Morgan fingerprint density at radius 2 is 1.82 bits per heavy atom. The molecular weight excluding hydrogens is 520 g/mol. The maximum absolute atomic E-state index is 15.0. The minimum absolute atomic E-state index is 0.135. The average Bonchev–Trinajstić information content (AvgIpc) is 3.48. The minimum atomic E-state index is -3.55. The summed E-state index contributed by atoms with van der Waals surface area (Å²) in [5, 5.41) is 5.94. The van der Waals surface area contributed by atoms with Crippen LogP contribution >= 0.6 is 0 Å². The molecule has 1 saturated carbocycles. The third-order valence-electron chi connectivity index (χ3n) is 8.38. The van der Waals surface area contributed by atoms with E-state index in [1.54, 1.807) is 18.0 Å². The van der Waals surface area contributed by atoms with Crippen LogP contribution in [0.15, 0.2) is 18.3 Å². The van der Waals surface area contributed by atoms with Gasteiger partial charge in [0.05, 0.1) is 25.5 Å². The fraction of sp³-hybridized carbons (Fsp3) is 0.571. The van der Waals surface area contributed by atoms with Crippen LogP contribution < -0.4 is 25.2 Å². The first-order valence-corrected chi connectivity index (χ1v) is 13.8. The summed E-state index contributed by atoms with van der Waals surface area (Å²) >= 11 is 0. The van der Waals surface area contributed by atoms with E-state index in [1.807, 2.05) is 6.07 Å². The maximum Gasteiger partial charge on any atom is 0.342 e. The van der Waals surface area contributed by atoms with Crippen molar-refractivity contribution in [3.63, 3.8) is 0 Å². The van der Waals surface area contributed by atoms with Crippen LogP contribution in [0.4, 0.5) is 31.9 Å². The standard InChI is InChI=1S/C28H37F2N7O3/c1-31-25(38)20-14-23(40-4)21(13-19(20)17-9-11-35(2)12-10-17)33-27-32-15-22-24(34-27)37(18-7-5-6-8-18)16-28(29,30)26(39)36(22)3/h13-15,17-18H,5-12,16H2,1-4H3,(H,31,38)(H,32,33,34). The lowest BCUT2D eigenvalue weighted by Crippen LogP contribution is -2.48. The number of fused-ring (bicyclic) bond motifs is 1. The van der Waals surface area contributed by atoms with Gasteiger partial charge in [-0.25, -0.2) is 4.98 Å². The number of carbonyl (C=O) groups excluding carboxylic acids is 2. The largest absolute Gasteiger partial charge is 0.495 e. The van der Waals surface area contributed by atoms with Gasteiger partial charge in [-0.1, -0.05) is 12.8 Å². The summed E-state index contributed by atoms with van der Waals surface area (Å²) in [5.41, 5.74) is 2.27. The zero-order valence-corrected chi connectivity index (χ0v) is 23.5. The number of aromatic nitrogens is 2. The Labute approximate surface area is 233 Å². The fourth-order valence-electron chi connectivity index (χ4n) is 6.08. The van der Waals surface area contributed by atoms with Crippen LogP contribution in [0.1, 0.15) is 60.4 Å². The smallest absolute Gasteiger partial charge is 0.342 e. The highest BCUT2D eigenvalue weighted by atomic mass is 19.3. The number of benzene rings is 1. The van der Waals surface area contributed by atoms with Crippen molar-refractivity contribution in [2.45, 2.75) is 56.4 Å². The first-order valence-electron chi connectivity index (χ1n) is 13.8. The molecule has 2 amide bonds. The van der Waals surface area contributed by atoms with Crippen molar-refractivity contribution in [2.75, 3.05) is 63.0 Å². The van der Waals surface area contributed by atoms with Crippen molar-refractivity contribution >= 4 is 35.0 Å². The molecule has 0 atom stereocenters. The zero-order chi connectivity index (χ0) is 28.6. The van der Waals surface area contributed by atoms with Gasteiger partial charge in [-0.15, -0.1) is 0 Å². The number of likely N-dealkylation sites (tertiary alicyclic amines) is 1. The maximum atomic E-state index is 15.0. The summed E-state index contributed by atoms with van der Waals surface area (Å²) in [6, 6.07) is 3.49. The molecule has 12 heteroatoms. The molecule has 1 aromatic heterocycles. The fourth-order valence-corrected chi connectivity index (χ4v) is 6.08. The van der Waals surface area contributed by atoms with Gasteiger partial charge in [-0.2, -0.15) is 13.8 Å². The quantitative estimate of drug-likeness (QED) is 0.554. The number of carbonyl (C=O) groups is 2. The highest BCUT2D eigenvalue weighted by molar-refractivity contribution is 6.02. The van der Waals surface area contributed by atoms with E-state index in [4.69, 9.17) is 4.74 Å². The van der Waals surface area contributed by atoms with Gasteiger partial charge in [0.2, 0.25) is 5.95 Å². The second-order valence-electron chi connectivity index (χ2n) is 11.0. The molecular formula is C28H37F2N7O3. The number of methoxy groups -OCH3 is 1. The molecule has 2 fully saturated rings. The molecule has 1 aromatic carbocycles. The highest BCUT2D eigenvalue weighted by Crippen LogP contribution is 2.41. The lowest BCUT2D eigenvalue weighted by atomic mass is 9.85. The molecule has 3 heterocycles. The zero-order valence-electron chi connectivity index (χ0n) is 23.5. The van der Waals surface area contributed by atoms with E-state index < -0.39 is 18.4 Å². The number of hydrogen-bond donors (Lipinski definition) is 2. The number of anilines is 4. The first kappa shape index (κ1) is 28.0. The molecule has 3 aliphatic rings. The van der Waals surface area contributed by atoms with E-state index in [2.05, 4.69) is 32.5 Å². The lowest BCUT2D eigenvalue weighted by molar-refractivity contribution is -0.140. The van der Waals surface area contributed by atoms with Crippen molar-refractivity contribution in [1.82, 2.24) is 20.2 Å². The van der Waals surface area contributed by atoms with E-state index in [1.165, 1.54) is 20.4 Å². The summed E-state index contributed by atoms with van der Waals surface area (Å²) in [6.07, 6.45) is 6.63. The number of hydrogen-bond acceptors (Lipinski definition) is 8. The van der Waals surface area contributed by atoms with Crippen LogP contribution in [0.2, 0.25) is 0 Å². The van der Waals surface area contributed by atoms with Crippen LogP contribution in [0.5, 0.6) is 5.75 Å². The molecule has 10 nitrogen and oxygen atoms in total. The molecule has 0 bridgehead atoms. The number of ether oxygens (including phenoxy) is 1. The van der Waals surface area contributed by atoms with E-state index in [0.29, 0.717) is 22.8 Å². The van der Waals surface area contributed by atoms with Gasteiger partial charge in [-0.3, -0.25) is 9.59 Å². The van der Waals surface area contributed by atoms with Gasteiger partial charge in [0.25, 0.3) is 11.8 Å². The summed E-state index contributed by atoms with van der Waals surface area (Å²) in [5.74, 6) is -3.91. The molecule has 2 aromatic rings. The predicted molar refractivity (Wildman–Crippen MR) is 149 cm³/mol. The molecule has 1 aliphatic carbocycles. The molecule has 2 aliphatic heterocycles. The van der Waals surface area contributed by atoms with Crippen LogP contribution in [0, 0.1) is 0 Å². The van der Waals surface area contributed by atoms with Gasteiger partial charge in [0.1, 0.15) is 11.4 Å². The predicted octanol–water partition coefficient (Wildman–Crippen LogP) is 3.76. The number of piperidine rings is 1. The molecule has 0 spiro atoms. The normalized spacial score (nSPS) is 20.3. The number of alkyl halides is 2. The Morgan fingerprint density at radius 3 is 2.48 bits per heavy atom. The number of nitrogens with one attached hydrogen (secondary N) is 2. The topological polar surface area (TPSA) is 103 Å². The second-order valence-corrected chi connectivity index (χ2v) is 11.0. The lowest BCUT2D eigenvalue weighted by Gasteiger charge is -2.31. The summed E-state index contributed by atoms with van der Waals surface area (Å²) in [4.78, 5) is 39.3. The van der Waals surface area contributed by atoms with Crippen LogP contribution in [0.25, 0.3) is 0 Å². The Bertz CT molecular complexity index is 1280.